The van der Waals surface area contributed by atoms with Crippen molar-refractivity contribution >= 4 is 5.91 Å². The first-order valence-electron chi connectivity index (χ1n) is 6.00. The number of carbonyl (C=O) groups is 1. The quantitative estimate of drug-likeness (QED) is 0.343. The van der Waals surface area contributed by atoms with Gasteiger partial charge in [-0.15, -0.1) is 0 Å². The van der Waals surface area contributed by atoms with Gasteiger partial charge in [0.15, 0.2) is 0 Å². The van der Waals surface area contributed by atoms with Crippen LogP contribution in [0, 0.1) is 0 Å². The molecule has 0 unspecified atom stereocenters. The fourth-order valence-corrected chi connectivity index (χ4v) is 1.66. The van der Waals surface area contributed by atoms with Gasteiger partial charge in [-0.3, -0.25) is 15.0 Å². The molecule has 0 radical (unpaired) electrons. The molecule has 0 spiro atoms. The van der Waals surface area contributed by atoms with E-state index in [1.807, 2.05) is 0 Å². The van der Waals surface area contributed by atoms with Gasteiger partial charge in [0.05, 0.1) is 13.2 Å². The number of hydrogen-bond acceptors (Lipinski definition) is 6. The van der Waals surface area contributed by atoms with E-state index in [4.69, 9.17) is 5.26 Å². The minimum atomic E-state index is 0.0175. The van der Waals surface area contributed by atoms with Crippen LogP contribution in [0.1, 0.15) is 0 Å². The van der Waals surface area contributed by atoms with Crippen LogP contribution in [0.3, 0.4) is 0 Å². The fourth-order valence-electron chi connectivity index (χ4n) is 1.66. The largest absolute Gasteiger partial charge is 0.354 e. The maximum Gasteiger partial charge on any atom is 0.234 e. The van der Waals surface area contributed by atoms with E-state index in [0.29, 0.717) is 19.6 Å². The summed E-state index contributed by atoms with van der Waals surface area (Å²) in [5.74, 6) is 0.0175. The molecule has 100 valence electrons. The number of rotatable bonds is 3. The number of amides is 1. The molecule has 0 aromatic carbocycles. The summed E-state index contributed by atoms with van der Waals surface area (Å²) < 4.78 is 0. The number of hydrogen-bond donors (Lipinski definition) is 4. The minimum Gasteiger partial charge on any atom is -0.354 e. The third-order valence-electron chi connectivity index (χ3n) is 2.62. The van der Waals surface area contributed by atoms with Crippen LogP contribution in [-0.4, -0.2) is 75.0 Å². The summed E-state index contributed by atoms with van der Waals surface area (Å²) in [7, 11) is 0. The van der Waals surface area contributed by atoms with Crippen molar-refractivity contribution in [2.75, 3.05) is 59.0 Å². The van der Waals surface area contributed by atoms with Crippen LogP contribution < -0.4 is 16.0 Å². The zero-order chi connectivity index (χ0) is 12.3. The van der Waals surface area contributed by atoms with Crippen molar-refractivity contribution in [3.63, 3.8) is 0 Å². The highest BCUT2D eigenvalue weighted by molar-refractivity contribution is 5.77. The monoisotopic (exact) mass is 246 g/mol. The predicted octanol–water partition coefficient (Wildman–Crippen LogP) is -1.91. The van der Waals surface area contributed by atoms with E-state index in [2.05, 4.69) is 25.7 Å². The second-order valence-electron chi connectivity index (χ2n) is 3.95. The van der Waals surface area contributed by atoms with E-state index in [1.165, 1.54) is 0 Å². The van der Waals surface area contributed by atoms with Crippen LogP contribution in [0.5, 0.6) is 0 Å². The summed E-state index contributed by atoms with van der Waals surface area (Å²) in [6.07, 6.45) is 0. The van der Waals surface area contributed by atoms with Gasteiger partial charge < -0.3 is 16.0 Å². The Hall–Kier alpha value is -0.730. The van der Waals surface area contributed by atoms with E-state index >= 15 is 0 Å². The zero-order valence-electron chi connectivity index (χ0n) is 10.1. The Labute approximate surface area is 101 Å². The van der Waals surface area contributed by atoms with Crippen molar-refractivity contribution in [3.8, 4) is 0 Å². The Kier molecular flexibility index (Phi) is 7.85. The molecule has 4 N–H and O–H groups in total. The summed E-state index contributed by atoms with van der Waals surface area (Å²) >= 11 is 0. The van der Waals surface area contributed by atoms with Crippen molar-refractivity contribution < 1.29 is 14.9 Å². The third kappa shape index (κ3) is 7.24. The Morgan fingerprint density at radius 1 is 1.18 bits per heavy atom. The van der Waals surface area contributed by atoms with E-state index in [0.717, 1.165) is 32.7 Å². The van der Waals surface area contributed by atoms with Crippen molar-refractivity contribution in [1.82, 2.24) is 20.9 Å². The lowest BCUT2D eigenvalue weighted by atomic mass is 10.4. The molecule has 0 bridgehead atoms. The normalized spacial score (nSPS) is 21.4. The van der Waals surface area contributed by atoms with Crippen molar-refractivity contribution in [1.29, 1.82) is 0 Å². The molecule has 0 aromatic rings. The smallest absolute Gasteiger partial charge is 0.234 e. The SMILES string of the molecule is O=C1CNCCNCCN(CCOO)CCN1. The van der Waals surface area contributed by atoms with Gasteiger partial charge in [-0.1, -0.05) is 0 Å². The Bertz CT molecular complexity index is 216. The minimum absolute atomic E-state index is 0.0175. The van der Waals surface area contributed by atoms with Crippen molar-refractivity contribution in [3.05, 3.63) is 0 Å². The molecular formula is C10H22N4O3. The van der Waals surface area contributed by atoms with Crippen LogP contribution in [0.2, 0.25) is 0 Å². The molecule has 0 saturated carbocycles. The maximum absolute atomic E-state index is 11.3. The van der Waals surface area contributed by atoms with Crippen LogP contribution in [0.15, 0.2) is 0 Å². The van der Waals surface area contributed by atoms with Gasteiger partial charge in [-0.05, 0) is 0 Å². The van der Waals surface area contributed by atoms with Gasteiger partial charge in [-0.2, -0.15) is 0 Å². The van der Waals surface area contributed by atoms with Crippen LogP contribution in [0.25, 0.3) is 0 Å². The molecule has 1 heterocycles. The molecule has 1 fully saturated rings. The molecule has 1 aliphatic heterocycles. The predicted molar refractivity (Wildman–Crippen MR) is 63.8 cm³/mol. The summed E-state index contributed by atoms with van der Waals surface area (Å²) in [5.41, 5.74) is 0. The topological polar surface area (TPSA) is 85.9 Å². The first-order valence-corrected chi connectivity index (χ1v) is 6.00. The summed E-state index contributed by atoms with van der Waals surface area (Å²) in [5, 5.41) is 17.5. The van der Waals surface area contributed by atoms with E-state index < -0.39 is 0 Å². The number of nitrogens with zero attached hydrogens (tertiary/aromatic N) is 1. The second kappa shape index (κ2) is 9.32. The second-order valence-corrected chi connectivity index (χ2v) is 3.95. The molecule has 0 aliphatic carbocycles. The molecular weight excluding hydrogens is 224 g/mol. The molecule has 0 aromatic heterocycles. The first kappa shape index (κ1) is 14.3. The van der Waals surface area contributed by atoms with Gasteiger partial charge in [0.2, 0.25) is 5.91 Å². The standard InChI is InChI=1S/C10H22N4O3/c15-10-9-12-2-1-11-3-5-14(6-4-13-10)7-8-17-16/h11-12,16H,1-9H2,(H,13,15). The Morgan fingerprint density at radius 3 is 2.76 bits per heavy atom. The van der Waals surface area contributed by atoms with Crippen molar-refractivity contribution in [2.45, 2.75) is 0 Å². The van der Waals surface area contributed by atoms with Gasteiger partial charge in [0.25, 0.3) is 0 Å². The maximum atomic E-state index is 11.3. The van der Waals surface area contributed by atoms with E-state index in [1.54, 1.807) is 0 Å². The highest BCUT2D eigenvalue weighted by atomic mass is 17.1. The van der Waals surface area contributed by atoms with Gasteiger partial charge in [0.1, 0.15) is 0 Å². The lowest BCUT2D eigenvalue weighted by Gasteiger charge is -2.22. The van der Waals surface area contributed by atoms with Gasteiger partial charge in [-0.25, -0.2) is 4.89 Å². The summed E-state index contributed by atoms with van der Waals surface area (Å²) in [4.78, 5) is 17.6. The van der Waals surface area contributed by atoms with Crippen LogP contribution in [0.4, 0.5) is 0 Å². The highest BCUT2D eigenvalue weighted by Crippen LogP contribution is 1.87. The molecule has 1 saturated heterocycles. The van der Waals surface area contributed by atoms with Gasteiger partial charge in [0, 0.05) is 45.8 Å². The zero-order valence-corrected chi connectivity index (χ0v) is 10.1. The highest BCUT2D eigenvalue weighted by Gasteiger charge is 2.07. The molecule has 0 atom stereocenters. The Balaban J connectivity index is 2.30. The van der Waals surface area contributed by atoms with Crippen LogP contribution >= 0.6 is 0 Å². The summed E-state index contributed by atoms with van der Waals surface area (Å²) in [6, 6.07) is 0. The average Bonchev–Trinajstić information content (AvgIpc) is 2.31. The van der Waals surface area contributed by atoms with E-state index in [9.17, 15) is 4.79 Å². The molecule has 7 heteroatoms. The lowest BCUT2D eigenvalue weighted by molar-refractivity contribution is -0.243. The summed E-state index contributed by atoms with van der Waals surface area (Å²) in [6.45, 7) is 6.08. The molecule has 1 rings (SSSR count). The average molecular weight is 246 g/mol. The lowest BCUT2D eigenvalue weighted by Crippen LogP contribution is -2.44. The van der Waals surface area contributed by atoms with Gasteiger partial charge >= 0.3 is 0 Å². The molecule has 1 aliphatic rings. The first-order chi connectivity index (χ1) is 8.33. The molecule has 1 amide bonds. The Morgan fingerprint density at radius 2 is 1.94 bits per heavy atom. The van der Waals surface area contributed by atoms with Crippen molar-refractivity contribution in [2.24, 2.45) is 0 Å². The molecule has 7 nitrogen and oxygen atoms in total. The third-order valence-corrected chi connectivity index (χ3v) is 2.62. The number of nitrogens with one attached hydrogen (secondary N) is 3. The van der Waals surface area contributed by atoms with Crippen LogP contribution in [-0.2, 0) is 9.68 Å². The number of carbonyl (C=O) groups excluding carboxylic acids is 1. The van der Waals surface area contributed by atoms with E-state index in [-0.39, 0.29) is 12.5 Å². The molecule has 17 heavy (non-hydrogen) atoms. The fraction of sp³-hybridized carbons (Fsp3) is 0.900.